The molecule has 5 heteroatoms. The molecule has 0 saturated heterocycles. The van der Waals surface area contributed by atoms with Crippen molar-refractivity contribution < 1.29 is 9.53 Å². The molecule has 0 radical (unpaired) electrons. The van der Waals surface area contributed by atoms with E-state index in [1.165, 1.54) is 22.5 Å². The van der Waals surface area contributed by atoms with Gasteiger partial charge in [-0.15, -0.1) is 0 Å². The molecule has 1 heterocycles. The van der Waals surface area contributed by atoms with E-state index in [9.17, 15) is 4.79 Å². The van der Waals surface area contributed by atoms with Gasteiger partial charge in [-0.1, -0.05) is 66.7 Å². The predicted molar refractivity (Wildman–Crippen MR) is 130 cm³/mol. The highest BCUT2D eigenvalue weighted by Gasteiger charge is 2.14. The van der Waals surface area contributed by atoms with Crippen LogP contribution in [-0.4, -0.2) is 36.5 Å². The molecule has 0 aliphatic rings. The minimum absolute atomic E-state index is 0.367. The minimum atomic E-state index is -0.442. The lowest BCUT2D eigenvalue weighted by atomic mass is 10.0. The zero-order valence-corrected chi connectivity index (χ0v) is 18.5. The summed E-state index contributed by atoms with van der Waals surface area (Å²) in [6.07, 6.45) is 3.98. The molecule has 0 saturated carbocycles. The van der Waals surface area contributed by atoms with Crippen LogP contribution in [0.25, 0.3) is 10.8 Å². The number of benzene rings is 3. The van der Waals surface area contributed by atoms with Crippen LogP contribution in [0.1, 0.15) is 28.4 Å². The van der Waals surface area contributed by atoms with Crippen LogP contribution in [0.4, 0.5) is 0 Å². The van der Waals surface area contributed by atoms with Gasteiger partial charge in [-0.2, -0.15) is 0 Å². The van der Waals surface area contributed by atoms with E-state index in [0.29, 0.717) is 18.2 Å². The van der Waals surface area contributed by atoms with Gasteiger partial charge in [0.25, 0.3) is 0 Å². The van der Waals surface area contributed by atoms with Gasteiger partial charge in [0.05, 0.1) is 12.2 Å². The average molecular weight is 428 g/mol. The lowest BCUT2D eigenvalue weighted by Crippen LogP contribution is -2.22. The van der Waals surface area contributed by atoms with Crippen molar-refractivity contribution in [3.05, 3.63) is 108 Å². The topological polar surface area (TPSA) is 68.5 Å². The smallest absolute Gasteiger partial charge is 0.250 e. The Morgan fingerprint density at radius 1 is 0.938 bits per heavy atom. The maximum Gasteiger partial charge on any atom is 0.250 e. The maximum atomic E-state index is 10.4. The van der Waals surface area contributed by atoms with Gasteiger partial charge in [0.15, 0.2) is 0 Å². The Kier molecular flexibility index (Phi) is 8.35. The molecule has 4 aromatic rings. The highest BCUT2D eigenvalue weighted by Crippen LogP contribution is 2.27. The number of ether oxygens (including phenoxy) is 1. The number of nitrogens with zero attached hydrogens (tertiary/aromatic N) is 2. The number of carbonyl (C=O) groups is 1. The highest BCUT2D eigenvalue weighted by molar-refractivity contribution is 5.92. The summed E-state index contributed by atoms with van der Waals surface area (Å²) >= 11 is 0. The summed E-state index contributed by atoms with van der Waals surface area (Å²) in [5.74, 6) is 0.525. The SMILES string of the molecule is CN(C)[C@@H](CCOc1cccc2ccccc12)c1ccccc1.NC(=O)c1cccnc1. The number of carbonyl (C=O) groups excluding carboxylic acids is 1. The Morgan fingerprint density at radius 2 is 1.66 bits per heavy atom. The van der Waals surface area contributed by atoms with Crippen molar-refractivity contribution in [1.29, 1.82) is 0 Å². The fourth-order valence-electron chi connectivity index (χ4n) is 3.51. The zero-order chi connectivity index (χ0) is 22.8. The molecule has 3 aromatic carbocycles. The lowest BCUT2D eigenvalue weighted by Gasteiger charge is -2.25. The highest BCUT2D eigenvalue weighted by atomic mass is 16.5. The van der Waals surface area contributed by atoms with Crippen molar-refractivity contribution in [2.45, 2.75) is 12.5 Å². The van der Waals surface area contributed by atoms with Crippen LogP contribution in [0.15, 0.2) is 97.3 Å². The fourth-order valence-corrected chi connectivity index (χ4v) is 3.51. The summed E-state index contributed by atoms with van der Waals surface area (Å²) < 4.78 is 6.09. The van der Waals surface area contributed by atoms with Crippen LogP contribution in [0.5, 0.6) is 5.75 Å². The quantitative estimate of drug-likeness (QED) is 0.446. The van der Waals surface area contributed by atoms with Gasteiger partial charge in [-0.25, -0.2) is 0 Å². The van der Waals surface area contributed by atoms with Crippen LogP contribution < -0.4 is 10.5 Å². The van der Waals surface area contributed by atoms with Crippen LogP contribution >= 0.6 is 0 Å². The second-order valence-electron chi connectivity index (χ2n) is 7.61. The largest absolute Gasteiger partial charge is 0.493 e. The average Bonchev–Trinajstić information content (AvgIpc) is 2.83. The van der Waals surface area contributed by atoms with Crippen molar-refractivity contribution >= 4 is 16.7 Å². The zero-order valence-electron chi connectivity index (χ0n) is 18.5. The van der Waals surface area contributed by atoms with Gasteiger partial charge < -0.3 is 15.4 Å². The molecule has 0 spiro atoms. The van der Waals surface area contributed by atoms with Crippen molar-refractivity contribution in [2.24, 2.45) is 5.73 Å². The van der Waals surface area contributed by atoms with E-state index in [4.69, 9.17) is 10.5 Å². The molecular weight excluding hydrogens is 398 g/mol. The number of aromatic nitrogens is 1. The van der Waals surface area contributed by atoms with E-state index in [2.05, 4.69) is 96.8 Å². The Balaban J connectivity index is 0.000000269. The summed E-state index contributed by atoms with van der Waals surface area (Å²) in [5.41, 5.74) is 6.71. The number of primary amides is 1. The molecule has 2 N–H and O–H groups in total. The third kappa shape index (κ3) is 6.40. The molecular formula is C27H29N3O2. The van der Waals surface area contributed by atoms with Crippen LogP contribution in [-0.2, 0) is 0 Å². The number of hydrogen-bond donors (Lipinski definition) is 1. The monoisotopic (exact) mass is 427 g/mol. The number of fused-ring (bicyclic) bond motifs is 1. The first kappa shape index (κ1) is 23.0. The molecule has 0 aliphatic heterocycles. The summed E-state index contributed by atoms with van der Waals surface area (Å²) in [7, 11) is 4.24. The second-order valence-corrected chi connectivity index (χ2v) is 7.61. The molecule has 0 aliphatic carbocycles. The van der Waals surface area contributed by atoms with Gasteiger partial charge >= 0.3 is 0 Å². The number of rotatable bonds is 7. The Morgan fingerprint density at radius 3 is 2.31 bits per heavy atom. The van der Waals surface area contributed by atoms with Crippen LogP contribution in [0.3, 0.4) is 0 Å². The third-order valence-corrected chi connectivity index (χ3v) is 5.15. The minimum Gasteiger partial charge on any atom is -0.493 e. The number of pyridine rings is 1. The molecule has 0 unspecified atom stereocenters. The van der Waals surface area contributed by atoms with E-state index >= 15 is 0 Å². The fraction of sp³-hybridized carbons (Fsp3) is 0.185. The first-order chi connectivity index (χ1) is 15.6. The second kappa shape index (κ2) is 11.6. The molecule has 0 fully saturated rings. The van der Waals surface area contributed by atoms with Gasteiger partial charge in [-0.05, 0) is 43.2 Å². The van der Waals surface area contributed by atoms with Crippen molar-refractivity contribution in [3.63, 3.8) is 0 Å². The lowest BCUT2D eigenvalue weighted by molar-refractivity contribution is 0.1000. The predicted octanol–water partition coefficient (Wildman–Crippen LogP) is 5.09. The van der Waals surface area contributed by atoms with Gasteiger partial charge in [0, 0.05) is 30.2 Å². The van der Waals surface area contributed by atoms with Gasteiger partial charge in [0.2, 0.25) is 5.91 Å². The molecule has 1 amide bonds. The summed E-state index contributed by atoms with van der Waals surface area (Å²) in [4.78, 5) is 16.3. The summed E-state index contributed by atoms with van der Waals surface area (Å²) in [6, 6.07) is 28.8. The molecule has 0 bridgehead atoms. The van der Waals surface area contributed by atoms with E-state index < -0.39 is 5.91 Å². The van der Waals surface area contributed by atoms with E-state index in [1.54, 1.807) is 18.3 Å². The first-order valence-electron chi connectivity index (χ1n) is 10.6. The number of amides is 1. The molecule has 5 nitrogen and oxygen atoms in total. The first-order valence-corrected chi connectivity index (χ1v) is 10.6. The molecule has 164 valence electrons. The van der Waals surface area contributed by atoms with Crippen molar-refractivity contribution in [3.8, 4) is 5.75 Å². The number of nitrogens with two attached hydrogens (primary N) is 1. The Labute approximate surface area is 189 Å². The molecule has 4 rings (SSSR count). The Hall–Kier alpha value is -3.70. The van der Waals surface area contributed by atoms with E-state index in [0.717, 1.165) is 12.2 Å². The third-order valence-electron chi connectivity index (χ3n) is 5.15. The van der Waals surface area contributed by atoms with Gasteiger partial charge in [-0.3, -0.25) is 9.78 Å². The van der Waals surface area contributed by atoms with E-state index in [-0.39, 0.29) is 0 Å². The molecule has 32 heavy (non-hydrogen) atoms. The van der Waals surface area contributed by atoms with Crippen LogP contribution in [0, 0.1) is 0 Å². The van der Waals surface area contributed by atoms with Gasteiger partial charge in [0.1, 0.15) is 5.75 Å². The van der Waals surface area contributed by atoms with Crippen LogP contribution in [0.2, 0.25) is 0 Å². The van der Waals surface area contributed by atoms with Crippen molar-refractivity contribution in [2.75, 3.05) is 20.7 Å². The van der Waals surface area contributed by atoms with Crippen molar-refractivity contribution in [1.82, 2.24) is 9.88 Å². The Bertz CT molecular complexity index is 1110. The standard InChI is InChI=1S/C21H23NO.C6H6N2O/c1-22(2)20(18-10-4-3-5-11-18)15-16-23-21-14-8-12-17-9-6-7-13-19(17)21;7-6(9)5-2-1-3-8-4-5/h3-14,20H,15-16H2,1-2H3;1-4H,(H2,7,9)/t20-;/m0./s1. The van der Waals surface area contributed by atoms with E-state index in [1.807, 2.05) is 0 Å². The normalized spacial score (nSPS) is 11.5. The summed E-state index contributed by atoms with van der Waals surface area (Å²) in [6.45, 7) is 0.700. The maximum absolute atomic E-state index is 10.4. The molecule has 1 aromatic heterocycles. The molecule has 1 atom stereocenters. The summed E-state index contributed by atoms with van der Waals surface area (Å²) in [5, 5.41) is 2.40. The number of hydrogen-bond acceptors (Lipinski definition) is 4.